The molecule has 1 amide bonds. The largest absolute Gasteiger partial charge is 0.319 e. The van der Waals surface area contributed by atoms with Gasteiger partial charge in [-0.15, -0.1) is 0 Å². The van der Waals surface area contributed by atoms with Crippen LogP contribution >= 0.6 is 0 Å². The van der Waals surface area contributed by atoms with Crippen LogP contribution in [0.3, 0.4) is 0 Å². The SMILES string of the molecule is O=C(Nc1ccc(F)c(F)c1F)c1ccc(-n2cncn2)c([N+](=O)[O-])c1. The number of carbonyl (C=O) groups is 1. The molecule has 0 spiro atoms. The van der Waals surface area contributed by atoms with Gasteiger partial charge in [-0.05, 0) is 24.3 Å². The summed E-state index contributed by atoms with van der Waals surface area (Å²) in [6.45, 7) is 0. The van der Waals surface area contributed by atoms with E-state index in [0.29, 0.717) is 6.07 Å². The Hall–Kier alpha value is -3.76. The normalized spacial score (nSPS) is 10.6. The van der Waals surface area contributed by atoms with Crippen LogP contribution < -0.4 is 5.32 Å². The van der Waals surface area contributed by atoms with Crippen LogP contribution in [0.15, 0.2) is 43.0 Å². The molecule has 0 fully saturated rings. The Kier molecular flexibility index (Phi) is 4.35. The first kappa shape index (κ1) is 17.1. The zero-order valence-corrected chi connectivity index (χ0v) is 12.7. The van der Waals surface area contributed by atoms with Crippen molar-refractivity contribution in [3.8, 4) is 5.69 Å². The number of nitrogens with zero attached hydrogens (tertiary/aromatic N) is 4. The summed E-state index contributed by atoms with van der Waals surface area (Å²) >= 11 is 0. The van der Waals surface area contributed by atoms with Gasteiger partial charge in [0, 0.05) is 11.6 Å². The van der Waals surface area contributed by atoms with Gasteiger partial charge in [-0.25, -0.2) is 22.8 Å². The highest BCUT2D eigenvalue weighted by molar-refractivity contribution is 6.05. The molecule has 11 heteroatoms. The Bertz CT molecular complexity index is 1010. The van der Waals surface area contributed by atoms with Gasteiger partial charge in [0.2, 0.25) is 0 Å². The van der Waals surface area contributed by atoms with Gasteiger partial charge in [-0.2, -0.15) is 5.10 Å². The van der Waals surface area contributed by atoms with Crippen molar-refractivity contribution in [3.63, 3.8) is 0 Å². The molecular weight excluding hydrogens is 355 g/mol. The second-order valence-corrected chi connectivity index (χ2v) is 4.98. The van der Waals surface area contributed by atoms with Gasteiger partial charge in [0.15, 0.2) is 17.5 Å². The van der Waals surface area contributed by atoms with Crippen molar-refractivity contribution in [2.75, 3.05) is 5.32 Å². The summed E-state index contributed by atoms with van der Waals surface area (Å²) in [5, 5.41) is 17.1. The van der Waals surface area contributed by atoms with Crippen LogP contribution in [0, 0.1) is 27.6 Å². The quantitative estimate of drug-likeness (QED) is 0.436. The lowest BCUT2D eigenvalue weighted by Gasteiger charge is -2.08. The van der Waals surface area contributed by atoms with Gasteiger partial charge in [0.05, 0.1) is 10.6 Å². The van der Waals surface area contributed by atoms with Crippen LogP contribution in [-0.2, 0) is 0 Å². The minimum Gasteiger partial charge on any atom is -0.319 e. The number of benzene rings is 2. The third-order valence-corrected chi connectivity index (χ3v) is 3.38. The third-order valence-electron chi connectivity index (χ3n) is 3.38. The lowest BCUT2D eigenvalue weighted by molar-refractivity contribution is -0.384. The molecule has 0 atom stereocenters. The first-order valence-electron chi connectivity index (χ1n) is 6.96. The zero-order chi connectivity index (χ0) is 18.8. The monoisotopic (exact) mass is 363 g/mol. The minimum absolute atomic E-state index is 0.0584. The molecule has 0 aliphatic heterocycles. The molecule has 3 aromatic rings. The number of halogens is 3. The van der Waals surface area contributed by atoms with Crippen LogP contribution in [0.1, 0.15) is 10.4 Å². The fraction of sp³-hybridized carbons (Fsp3) is 0. The topological polar surface area (TPSA) is 103 Å². The second-order valence-electron chi connectivity index (χ2n) is 4.98. The first-order chi connectivity index (χ1) is 12.4. The lowest BCUT2D eigenvalue weighted by atomic mass is 10.1. The lowest BCUT2D eigenvalue weighted by Crippen LogP contribution is -2.14. The summed E-state index contributed by atoms with van der Waals surface area (Å²) in [6.07, 6.45) is 2.41. The maximum atomic E-state index is 13.6. The van der Waals surface area contributed by atoms with E-state index in [1.807, 2.05) is 5.32 Å². The summed E-state index contributed by atoms with van der Waals surface area (Å²) in [6, 6.07) is 4.92. The van der Waals surface area contributed by atoms with Crippen LogP contribution in [-0.4, -0.2) is 25.6 Å². The summed E-state index contributed by atoms with van der Waals surface area (Å²) < 4.78 is 40.9. The van der Waals surface area contributed by atoms with E-state index in [0.717, 1.165) is 16.8 Å². The van der Waals surface area contributed by atoms with E-state index in [2.05, 4.69) is 10.1 Å². The molecule has 2 aromatic carbocycles. The average Bonchev–Trinajstić information content (AvgIpc) is 3.16. The maximum Gasteiger partial charge on any atom is 0.295 e. The summed E-state index contributed by atoms with van der Waals surface area (Å²) in [7, 11) is 0. The Morgan fingerprint density at radius 1 is 1.15 bits per heavy atom. The fourth-order valence-electron chi connectivity index (χ4n) is 2.15. The Morgan fingerprint density at radius 2 is 1.92 bits per heavy atom. The van der Waals surface area contributed by atoms with Crippen LogP contribution in [0.4, 0.5) is 24.5 Å². The van der Waals surface area contributed by atoms with Crippen LogP contribution in [0.2, 0.25) is 0 Å². The number of hydrogen-bond acceptors (Lipinski definition) is 5. The van der Waals surface area contributed by atoms with Crippen molar-refractivity contribution in [1.82, 2.24) is 14.8 Å². The molecular formula is C15H8F3N5O3. The number of hydrogen-bond donors (Lipinski definition) is 1. The van der Waals surface area contributed by atoms with Gasteiger partial charge < -0.3 is 5.32 Å². The number of amides is 1. The van der Waals surface area contributed by atoms with E-state index < -0.39 is 39.7 Å². The van der Waals surface area contributed by atoms with E-state index >= 15 is 0 Å². The highest BCUT2D eigenvalue weighted by Crippen LogP contribution is 2.25. The van der Waals surface area contributed by atoms with Crippen molar-refractivity contribution in [1.29, 1.82) is 0 Å². The van der Waals surface area contributed by atoms with Gasteiger partial charge in [0.1, 0.15) is 18.3 Å². The Labute approximate surface area is 143 Å². The number of carbonyl (C=O) groups excluding carboxylic acids is 1. The number of aromatic nitrogens is 3. The van der Waals surface area contributed by atoms with Gasteiger partial charge in [-0.3, -0.25) is 14.9 Å². The average molecular weight is 363 g/mol. The second kappa shape index (κ2) is 6.63. The summed E-state index contributed by atoms with van der Waals surface area (Å²) in [4.78, 5) is 26.4. The number of rotatable bonds is 4. The fourth-order valence-corrected chi connectivity index (χ4v) is 2.15. The van der Waals surface area contributed by atoms with Crippen molar-refractivity contribution >= 4 is 17.3 Å². The van der Waals surface area contributed by atoms with Gasteiger partial charge in [-0.1, -0.05) is 0 Å². The molecule has 0 aliphatic carbocycles. The van der Waals surface area contributed by atoms with E-state index in [-0.39, 0.29) is 11.3 Å². The molecule has 0 saturated heterocycles. The molecule has 3 rings (SSSR count). The number of anilines is 1. The van der Waals surface area contributed by atoms with Gasteiger partial charge >= 0.3 is 0 Å². The van der Waals surface area contributed by atoms with Crippen molar-refractivity contribution in [2.45, 2.75) is 0 Å². The molecule has 0 aliphatic rings. The van der Waals surface area contributed by atoms with Crippen molar-refractivity contribution in [2.24, 2.45) is 0 Å². The maximum absolute atomic E-state index is 13.6. The van der Waals surface area contributed by atoms with E-state index in [9.17, 15) is 28.1 Å². The predicted octanol–water partition coefficient (Wildman–Crippen LogP) is 2.85. The zero-order valence-electron chi connectivity index (χ0n) is 12.7. The molecule has 1 N–H and O–H groups in total. The molecule has 0 unspecified atom stereocenters. The smallest absolute Gasteiger partial charge is 0.295 e. The van der Waals surface area contributed by atoms with E-state index in [1.54, 1.807) is 0 Å². The summed E-state index contributed by atoms with van der Waals surface area (Å²) in [5.74, 6) is -5.67. The molecule has 1 heterocycles. The molecule has 8 nitrogen and oxygen atoms in total. The van der Waals surface area contributed by atoms with E-state index in [4.69, 9.17) is 0 Å². The third kappa shape index (κ3) is 3.09. The molecule has 0 bridgehead atoms. The molecule has 1 aromatic heterocycles. The van der Waals surface area contributed by atoms with Crippen LogP contribution in [0.25, 0.3) is 5.69 Å². The van der Waals surface area contributed by atoms with Crippen molar-refractivity contribution < 1.29 is 22.9 Å². The van der Waals surface area contributed by atoms with E-state index in [1.165, 1.54) is 24.8 Å². The predicted molar refractivity (Wildman–Crippen MR) is 82.3 cm³/mol. The Balaban J connectivity index is 1.94. The van der Waals surface area contributed by atoms with Crippen molar-refractivity contribution in [3.05, 3.63) is 76.1 Å². The summed E-state index contributed by atoms with van der Waals surface area (Å²) in [5.41, 5.74) is -1.18. The molecule has 0 radical (unpaired) electrons. The van der Waals surface area contributed by atoms with Gasteiger partial charge in [0.25, 0.3) is 11.6 Å². The number of nitro groups is 1. The minimum atomic E-state index is -1.74. The standard InChI is InChI=1S/C15H8F3N5O3/c16-9-2-3-10(14(18)13(9)17)21-15(24)8-1-4-11(12(5-8)23(25)26)22-7-19-6-20-22/h1-7H,(H,21,24). The highest BCUT2D eigenvalue weighted by Gasteiger charge is 2.21. The Morgan fingerprint density at radius 3 is 2.58 bits per heavy atom. The van der Waals surface area contributed by atoms with Crippen LogP contribution in [0.5, 0.6) is 0 Å². The number of nitro benzene ring substituents is 1. The number of nitrogens with one attached hydrogen (secondary N) is 1. The molecule has 26 heavy (non-hydrogen) atoms. The first-order valence-corrected chi connectivity index (χ1v) is 6.96. The molecule has 0 saturated carbocycles. The highest BCUT2D eigenvalue weighted by atomic mass is 19.2. The molecule has 132 valence electrons.